The minimum atomic E-state index is -1.28. The fraction of sp³-hybridized carbons (Fsp3) is 0.833. The molecular formula is C6H11O5. The zero-order valence-corrected chi connectivity index (χ0v) is 5.79. The van der Waals surface area contributed by atoms with E-state index in [-0.39, 0.29) is 6.61 Å². The first kappa shape index (κ1) is 8.89. The maximum atomic E-state index is 9.09. The van der Waals surface area contributed by atoms with Crippen LogP contribution in [0.4, 0.5) is 0 Å². The first-order valence-corrected chi connectivity index (χ1v) is 3.30. The molecule has 0 aromatic carbocycles. The van der Waals surface area contributed by atoms with Crippen molar-refractivity contribution in [1.82, 2.24) is 0 Å². The summed E-state index contributed by atoms with van der Waals surface area (Å²) in [5.74, 6) is 0. The molecule has 5 nitrogen and oxygen atoms in total. The van der Waals surface area contributed by atoms with Crippen molar-refractivity contribution in [3.8, 4) is 0 Å². The summed E-state index contributed by atoms with van der Waals surface area (Å²) in [6.45, 7) is 0.611. The summed E-state index contributed by atoms with van der Waals surface area (Å²) in [5.41, 5.74) is 0. The van der Waals surface area contributed by atoms with Gasteiger partial charge >= 0.3 is 0 Å². The third kappa shape index (κ3) is 1.69. The first-order valence-electron chi connectivity index (χ1n) is 3.30. The Morgan fingerprint density at radius 2 is 1.82 bits per heavy atom. The Morgan fingerprint density at radius 1 is 1.18 bits per heavy atom. The molecule has 1 saturated heterocycles. The number of rotatable bonds is 1. The van der Waals surface area contributed by atoms with Crippen LogP contribution in [0.3, 0.4) is 0 Å². The summed E-state index contributed by atoms with van der Waals surface area (Å²) in [5, 5.41) is 35.6. The lowest BCUT2D eigenvalue weighted by molar-refractivity contribution is -0.169. The molecule has 0 spiro atoms. The van der Waals surface area contributed by atoms with Crippen LogP contribution >= 0.6 is 0 Å². The van der Waals surface area contributed by atoms with E-state index in [9.17, 15) is 0 Å². The van der Waals surface area contributed by atoms with Crippen molar-refractivity contribution in [1.29, 1.82) is 0 Å². The molecule has 4 atom stereocenters. The molecule has 1 radical (unpaired) electrons. The molecule has 1 aliphatic rings. The maximum Gasteiger partial charge on any atom is 0.115 e. The van der Waals surface area contributed by atoms with E-state index in [1.165, 1.54) is 0 Å². The van der Waals surface area contributed by atoms with Gasteiger partial charge in [0.1, 0.15) is 31.0 Å². The van der Waals surface area contributed by atoms with Crippen LogP contribution in [0, 0.1) is 6.61 Å². The van der Waals surface area contributed by atoms with Crippen molar-refractivity contribution in [2.45, 2.75) is 24.4 Å². The predicted octanol–water partition coefficient (Wildman–Crippen LogP) is -2.38. The smallest absolute Gasteiger partial charge is 0.115 e. The Hall–Kier alpha value is -0.200. The molecule has 0 amide bonds. The van der Waals surface area contributed by atoms with Crippen molar-refractivity contribution in [2.24, 2.45) is 0 Å². The van der Waals surface area contributed by atoms with Crippen molar-refractivity contribution in [3.05, 3.63) is 6.61 Å². The lowest BCUT2D eigenvalue weighted by Crippen LogP contribution is -2.52. The summed E-state index contributed by atoms with van der Waals surface area (Å²) in [7, 11) is 0. The van der Waals surface area contributed by atoms with Crippen LogP contribution in [-0.2, 0) is 4.74 Å². The second-order valence-electron chi connectivity index (χ2n) is 2.46. The van der Waals surface area contributed by atoms with Gasteiger partial charge in [0.25, 0.3) is 0 Å². The van der Waals surface area contributed by atoms with Crippen LogP contribution in [0.25, 0.3) is 0 Å². The number of aliphatic hydroxyl groups is 4. The molecule has 0 unspecified atom stereocenters. The quantitative estimate of drug-likeness (QED) is 0.346. The van der Waals surface area contributed by atoms with Crippen molar-refractivity contribution in [3.63, 3.8) is 0 Å². The monoisotopic (exact) mass is 163 g/mol. The van der Waals surface area contributed by atoms with Crippen LogP contribution in [0.5, 0.6) is 0 Å². The number of hydrogen-bond acceptors (Lipinski definition) is 5. The molecule has 5 heteroatoms. The van der Waals surface area contributed by atoms with Crippen molar-refractivity contribution in [2.75, 3.05) is 6.61 Å². The highest BCUT2D eigenvalue weighted by atomic mass is 16.5. The normalized spacial score (nSPS) is 45.8. The van der Waals surface area contributed by atoms with Gasteiger partial charge < -0.3 is 25.2 Å². The van der Waals surface area contributed by atoms with Gasteiger partial charge in [-0.2, -0.15) is 0 Å². The first-order chi connectivity index (χ1) is 5.16. The molecule has 0 aliphatic carbocycles. The standard InChI is InChI=1S/C6H11O5/c7-1-4-6(10)5(9)3(8)2-11-4/h2-10H,1H2/t3-,4+,5+,6+/m1/s1. The molecule has 4 N–H and O–H groups in total. The third-order valence-electron chi connectivity index (χ3n) is 1.65. The minimum absolute atomic E-state index is 0.387. The fourth-order valence-corrected chi connectivity index (χ4v) is 0.915. The number of aliphatic hydroxyl groups excluding tert-OH is 4. The topological polar surface area (TPSA) is 90.2 Å². The Bertz CT molecular complexity index is 126. The van der Waals surface area contributed by atoms with Crippen LogP contribution in [0.15, 0.2) is 0 Å². The van der Waals surface area contributed by atoms with E-state index in [4.69, 9.17) is 20.4 Å². The van der Waals surface area contributed by atoms with Gasteiger partial charge in [-0.1, -0.05) is 0 Å². The van der Waals surface area contributed by atoms with Gasteiger partial charge in [0.05, 0.1) is 6.61 Å². The van der Waals surface area contributed by atoms with E-state index in [1.54, 1.807) is 0 Å². The highest BCUT2D eigenvalue weighted by molar-refractivity contribution is 4.91. The van der Waals surface area contributed by atoms with E-state index in [0.29, 0.717) is 0 Å². The van der Waals surface area contributed by atoms with Crippen LogP contribution in [0.1, 0.15) is 0 Å². The fourth-order valence-electron chi connectivity index (χ4n) is 0.915. The third-order valence-corrected chi connectivity index (χ3v) is 1.65. The summed E-state index contributed by atoms with van der Waals surface area (Å²) < 4.78 is 4.69. The molecule has 0 aromatic heterocycles. The molecule has 0 bridgehead atoms. The summed E-state index contributed by atoms with van der Waals surface area (Å²) in [6, 6.07) is 0. The summed E-state index contributed by atoms with van der Waals surface area (Å²) in [6.07, 6.45) is -4.54. The molecule has 1 rings (SSSR count). The summed E-state index contributed by atoms with van der Waals surface area (Å²) in [4.78, 5) is 0. The van der Waals surface area contributed by atoms with Crippen LogP contribution in [0.2, 0.25) is 0 Å². The summed E-state index contributed by atoms with van der Waals surface area (Å²) >= 11 is 0. The molecule has 1 aliphatic heterocycles. The van der Waals surface area contributed by atoms with E-state index < -0.39 is 24.4 Å². The lowest BCUT2D eigenvalue weighted by atomic mass is 10.0. The molecule has 1 fully saturated rings. The van der Waals surface area contributed by atoms with Gasteiger partial charge in [-0.05, 0) is 0 Å². The highest BCUT2D eigenvalue weighted by Gasteiger charge is 2.37. The lowest BCUT2D eigenvalue weighted by Gasteiger charge is -2.33. The van der Waals surface area contributed by atoms with Crippen LogP contribution in [-0.4, -0.2) is 51.4 Å². The van der Waals surface area contributed by atoms with E-state index in [1.807, 2.05) is 0 Å². The molecular weight excluding hydrogens is 152 g/mol. The van der Waals surface area contributed by atoms with Crippen LogP contribution < -0.4 is 0 Å². The molecule has 11 heavy (non-hydrogen) atoms. The average molecular weight is 163 g/mol. The minimum Gasteiger partial charge on any atom is -0.394 e. The number of ether oxygens (including phenoxy) is 1. The van der Waals surface area contributed by atoms with Gasteiger partial charge in [0, 0.05) is 0 Å². The molecule has 0 saturated carbocycles. The largest absolute Gasteiger partial charge is 0.394 e. The molecule has 0 aromatic rings. The zero-order valence-electron chi connectivity index (χ0n) is 5.79. The highest BCUT2D eigenvalue weighted by Crippen LogP contribution is 2.17. The van der Waals surface area contributed by atoms with Crippen molar-refractivity contribution < 1.29 is 25.2 Å². The number of hydrogen-bond donors (Lipinski definition) is 4. The maximum absolute atomic E-state index is 9.09. The Balaban J connectivity index is 2.52. The molecule has 1 heterocycles. The van der Waals surface area contributed by atoms with Gasteiger partial charge in [0.15, 0.2) is 0 Å². The average Bonchev–Trinajstić information content (AvgIpc) is 2.01. The van der Waals surface area contributed by atoms with E-state index >= 15 is 0 Å². The van der Waals surface area contributed by atoms with Gasteiger partial charge in [-0.3, -0.25) is 0 Å². The van der Waals surface area contributed by atoms with E-state index in [0.717, 1.165) is 6.61 Å². The van der Waals surface area contributed by atoms with E-state index in [2.05, 4.69) is 4.74 Å². The molecule has 65 valence electrons. The zero-order chi connectivity index (χ0) is 8.43. The van der Waals surface area contributed by atoms with Crippen molar-refractivity contribution >= 4 is 0 Å². The Morgan fingerprint density at radius 3 is 2.36 bits per heavy atom. The second kappa shape index (κ2) is 3.46. The SMILES string of the molecule is OC[C@@H]1O[CH][C@@H](O)[C@H](O)[C@H]1O. The second-order valence-corrected chi connectivity index (χ2v) is 2.46. The predicted molar refractivity (Wildman–Crippen MR) is 34.3 cm³/mol. The Labute approximate surface area is 63.8 Å². The van der Waals surface area contributed by atoms with Gasteiger partial charge in [-0.25, -0.2) is 0 Å². The van der Waals surface area contributed by atoms with Gasteiger partial charge in [0.2, 0.25) is 0 Å². The van der Waals surface area contributed by atoms with Gasteiger partial charge in [-0.15, -0.1) is 0 Å². The Kier molecular flexibility index (Phi) is 2.80.